The van der Waals surface area contributed by atoms with Crippen LogP contribution in [0.2, 0.25) is 10.0 Å². The molecule has 0 aliphatic rings. The SMILES string of the molecule is CCOCCCNc1nc(C)cn1-c1cccc(Cl)c1Cl. The van der Waals surface area contributed by atoms with Gasteiger partial charge in [0.2, 0.25) is 5.95 Å². The Bertz CT molecular complexity index is 599. The number of hydrogen-bond donors (Lipinski definition) is 1. The van der Waals surface area contributed by atoms with E-state index in [9.17, 15) is 0 Å². The molecule has 0 saturated carbocycles. The average molecular weight is 328 g/mol. The summed E-state index contributed by atoms with van der Waals surface area (Å²) in [5, 5.41) is 4.36. The van der Waals surface area contributed by atoms with Gasteiger partial charge in [0.05, 0.1) is 21.4 Å². The number of rotatable bonds is 7. The first kappa shape index (κ1) is 16.1. The summed E-state index contributed by atoms with van der Waals surface area (Å²) in [4.78, 5) is 4.48. The van der Waals surface area contributed by atoms with Crippen molar-refractivity contribution in [2.45, 2.75) is 20.3 Å². The van der Waals surface area contributed by atoms with Gasteiger partial charge in [0.1, 0.15) is 0 Å². The van der Waals surface area contributed by atoms with Crippen molar-refractivity contribution < 1.29 is 4.74 Å². The number of nitrogens with one attached hydrogen (secondary N) is 1. The number of ether oxygens (including phenoxy) is 1. The number of imidazole rings is 1. The standard InChI is InChI=1S/C15H19Cl2N3O/c1-3-21-9-5-8-18-15-19-11(2)10-20(15)13-7-4-6-12(16)14(13)17/h4,6-7,10H,3,5,8-9H2,1-2H3,(H,18,19). The lowest BCUT2D eigenvalue weighted by Gasteiger charge is -2.11. The lowest BCUT2D eigenvalue weighted by atomic mass is 10.3. The third kappa shape index (κ3) is 4.13. The third-order valence-electron chi connectivity index (χ3n) is 2.97. The number of anilines is 1. The van der Waals surface area contributed by atoms with Gasteiger partial charge in [-0.25, -0.2) is 4.98 Å². The van der Waals surface area contributed by atoms with Gasteiger partial charge in [-0.05, 0) is 32.4 Å². The van der Waals surface area contributed by atoms with E-state index in [0.717, 1.165) is 43.5 Å². The normalized spacial score (nSPS) is 10.9. The van der Waals surface area contributed by atoms with E-state index in [4.69, 9.17) is 27.9 Å². The summed E-state index contributed by atoms with van der Waals surface area (Å²) in [7, 11) is 0. The second-order valence-electron chi connectivity index (χ2n) is 4.63. The molecule has 0 atom stereocenters. The Morgan fingerprint density at radius 1 is 1.33 bits per heavy atom. The second-order valence-corrected chi connectivity index (χ2v) is 5.41. The molecule has 0 aliphatic carbocycles. The number of halogens is 2. The molecule has 21 heavy (non-hydrogen) atoms. The van der Waals surface area contributed by atoms with Crippen LogP contribution in [0.15, 0.2) is 24.4 Å². The van der Waals surface area contributed by atoms with Crippen LogP contribution in [0.4, 0.5) is 5.95 Å². The van der Waals surface area contributed by atoms with Crippen molar-refractivity contribution in [3.63, 3.8) is 0 Å². The Labute approximate surface area is 135 Å². The van der Waals surface area contributed by atoms with E-state index in [0.29, 0.717) is 10.0 Å². The van der Waals surface area contributed by atoms with E-state index in [1.807, 2.05) is 36.7 Å². The summed E-state index contributed by atoms with van der Waals surface area (Å²) in [6.45, 7) is 6.20. The molecule has 0 fully saturated rings. The molecule has 114 valence electrons. The van der Waals surface area contributed by atoms with Gasteiger partial charge in [-0.3, -0.25) is 4.57 Å². The van der Waals surface area contributed by atoms with Gasteiger partial charge in [-0.2, -0.15) is 0 Å². The maximum absolute atomic E-state index is 6.28. The monoisotopic (exact) mass is 327 g/mol. The summed E-state index contributed by atoms with van der Waals surface area (Å²) in [5.74, 6) is 0.758. The summed E-state index contributed by atoms with van der Waals surface area (Å²) < 4.78 is 7.24. The van der Waals surface area contributed by atoms with Crippen LogP contribution >= 0.6 is 23.2 Å². The average Bonchev–Trinajstić information content (AvgIpc) is 2.82. The maximum Gasteiger partial charge on any atom is 0.207 e. The number of aromatic nitrogens is 2. The van der Waals surface area contributed by atoms with E-state index >= 15 is 0 Å². The van der Waals surface area contributed by atoms with Crippen molar-refractivity contribution >= 4 is 29.2 Å². The molecule has 2 aromatic rings. The molecule has 0 radical (unpaired) electrons. The third-order valence-corrected chi connectivity index (χ3v) is 3.78. The zero-order valence-electron chi connectivity index (χ0n) is 12.2. The summed E-state index contributed by atoms with van der Waals surface area (Å²) in [6, 6.07) is 5.56. The molecule has 6 heteroatoms. The van der Waals surface area contributed by atoms with Crippen LogP contribution in [0.3, 0.4) is 0 Å². The number of benzene rings is 1. The highest BCUT2D eigenvalue weighted by Crippen LogP contribution is 2.30. The van der Waals surface area contributed by atoms with E-state index in [1.165, 1.54) is 0 Å². The van der Waals surface area contributed by atoms with Crippen molar-refractivity contribution in [2.75, 3.05) is 25.1 Å². The van der Waals surface area contributed by atoms with E-state index in [-0.39, 0.29) is 0 Å². The van der Waals surface area contributed by atoms with E-state index < -0.39 is 0 Å². The van der Waals surface area contributed by atoms with Gasteiger partial charge in [-0.15, -0.1) is 0 Å². The number of nitrogens with zero attached hydrogens (tertiary/aromatic N) is 2. The minimum Gasteiger partial charge on any atom is -0.382 e. The summed E-state index contributed by atoms with van der Waals surface area (Å²) in [5.41, 5.74) is 1.73. The molecule has 2 rings (SSSR count). The topological polar surface area (TPSA) is 39.1 Å². The smallest absolute Gasteiger partial charge is 0.207 e. The van der Waals surface area contributed by atoms with Crippen LogP contribution in [0, 0.1) is 6.92 Å². The molecule has 0 aliphatic heterocycles. The van der Waals surface area contributed by atoms with Gasteiger partial charge in [0.15, 0.2) is 0 Å². The number of aryl methyl sites for hydroxylation is 1. The highest BCUT2D eigenvalue weighted by molar-refractivity contribution is 6.43. The molecule has 1 heterocycles. The van der Waals surface area contributed by atoms with E-state index in [1.54, 1.807) is 6.07 Å². The highest BCUT2D eigenvalue weighted by Gasteiger charge is 2.11. The molecule has 1 aromatic carbocycles. The van der Waals surface area contributed by atoms with Crippen LogP contribution in [0.1, 0.15) is 19.0 Å². The zero-order chi connectivity index (χ0) is 15.2. The predicted molar refractivity (Wildman–Crippen MR) is 87.9 cm³/mol. The molecule has 0 spiro atoms. The zero-order valence-corrected chi connectivity index (χ0v) is 13.7. The lowest BCUT2D eigenvalue weighted by Crippen LogP contribution is -2.10. The van der Waals surface area contributed by atoms with Crippen molar-refractivity contribution in [1.82, 2.24) is 9.55 Å². The molecular formula is C15H19Cl2N3O. The van der Waals surface area contributed by atoms with Gasteiger partial charge in [0, 0.05) is 26.0 Å². The Kier molecular flexibility index (Phi) is 5.91. The molecule has 4 nitrogen and oxygen atoms in total. The molecule has 1 aromatic heterocycles. The first-order chi connectivity index (χ1) is 10.1. The molecule has 0 bridgehead atoms. The van der Waals surface area contributed by atoms with Crippen LogP contribution in [0.25, 0.3) is 5.69 Å². The summed E-state index contributed by atoms with van der Waals surface area (Å²) in [6.07, 6.45) is 2.85. The minimum atomic E-state index is 0.522. The Hall–Kier alpha value is -1.23. The fourth-order valence-corrected chi connectivity index (χ4v) is 2.39. The molecular weight excluding hydrogens is 309 g/mol. The highest BCUT2D eigenvalue weighted by atomic mass is 35.5. The van der Waals surface area contributed by atoms with Crippen molar-refractivity contribution in [3.05, 3.63) is 40.1 Å². The van der Waals surface area contributed by atoms with Crippen LogP contribution in [-0.4, -0.2) is 29.3 Å². The van der Waals surface area contributed by atoms with E-state index in [2.05, 4.69) is 10.3 Å². The van der Waals surface area contributed by atoms with Crippen LogP contribution in [0.5, 0.6) is 0 Å². The molecule has 1 N–H and O–H groups in total. The Morgan fingerprint density at radius 2 is 2.14 bits per heavy atom. The number of hydrogen-bond acceptors (Lipinski definition) is 3. The summed E-state index contributed by atoms with van der Waals surface area (Å²) >= 11 is 12.4. The fourth-order valence-electron chi connectivity index (χ4n) is 2.00. The van der Waals surface area contributed by atoms with Gasteiger partial charge >= 0.3 is 0 Å². The second kappa shape index (κ2) is 7.69. The molecule has 0 amide bonds. The molecule has 0 unspecified atom stereocenters. The van der Waals surface area contributed by atoms with Crippen LogP contribution in [-0.2, 0) is 4.74 Å². The van der Waals surface area contributed by atoms with Crippen LogP contribution < -0.4 is 5.32 Å². The maximum atomic E-state index is 6.28. The Balaban J connectivity index is 2.15. The quantitative estimate of drug-likeness (QED) is 0.769. The van der Waals surface area contributed by atoms with Crippen molar-refractivity contribution in [3.8, 4) is 5.69 Å². The lowest BCUT2D eigenvalue weighted by molar-refractivity contribution is 0.147. The molecule has 0 saturated heterocycles. The first-order valence-electron chi connectivity index (χ1n) is 6.95. The first-order valence-corrected chi connectivity index (χ1v) is 7.71. The van der Waals surface area contributed by atoms with Gasteiger partial charge in [0.25, 0.3) is 0 Å². The van der Waals surface area contributed by atoms with Gasteiger partial charge in [-0.1, -0.05) is 29.3 Å². The fraction of sp³-hybridized carbons (Fsp3) is 0.400. The van der Waals surface area contributed by atoms with Crippen molar-refractivity contribution in [1.29, 1.82) is 0 Å². The Morgan fingerprint density at radius 3 is 2.90 bits per heavy atom. The van der Waals surface area contributed by atoms with Gasteiger partial charge < -0.3 is 10.1 Å². The minimum absolute atomic E-state index is 0.522. The largest absolute Gasteiger partial charge is 0.382 e. The van der Waals surface area contributed by atoms with Crippen molar-refractivity contribution in [2.24, 2.45) is 0 Å². The predicted octanol–water partition coefficient (Wildman–Crippen LogP) is 4.33.